The lowest BCUT2D eigenvalue weighted by Crippen LogP contribution is -1.95. The summed E-state index contributed by atoms with van der Waals surface area (Å²) >= 11 is 0. The smallest absolute Gasteiger partial charge is 0.356 e. The Labute approximate surface area is 103 Å². The molecule has 0 aliphatic heterocycles. The van der Waals surface area contributed by atoms with E-state index in [1.165, 1.54) is 10.8 Å². The van der Waals surface area contributed by atoms with Gasteiger partial charge in [-0.2, -0.15) is 4.98 Å². The molecule has 0 spiro atoms. The number of aromatic nitrogens is 2. The standard InChI is InChI=1S/C12H12N2O4/c1-14-7-10(11(15)16)13-12(14)18-9-5-3-8(17-2)4-6-9/h3-7H,1-2H3,(H,15,16). The number of carboxylic acids is 1. The maximum Gasteiger partial charge on any atom is 0.356 e. The van der Waals surface area contributed by atoms with Crippen LogP contribution in [0, 0.1) is 0 Å². The van der Waals surface area contributed by atoms with Crippen LogP contribution in [0.3, 0.4) is 0 Å². The number of rotatable bonds is 4. The van der Waals surface area contributed by atoms with E-state index in [0.717, 1.165) is 0 Å². The molecule has 0 saturated carbocycles. The molecule has 2 rings (SSSR count). The summed E-state index contributed by atoms with van der Waals surface area (Å²) < 4.78 is 12.0. The molecule has 2 aromatic rings. The number of imidazole rings is 1. The van der Waals surface area contributed by atoms with Gasteiger partial charge in [0.15, 0.2) is 5.69 Å². The highest BCUT2D eigenvalue weighted by atomic mass is 16.5. The first-order valence-corrected chi connectivity index (χ1v) is 5.18. The first-order valence-electron chi connectivity index (χ1n) is 5.18. The minimum Gasteiger partial charge on any atom is -0.497 e. The lowest BCUT2D eigenvalue weighted by molar-refractivity contribution is 0.0690. The highest BCUT2D eigenvalue weighted by molar-refractivity contribution is 5.85. The van der Waals surface area contributed by atoms with Gasteiger partial charge in [-0.1, -0.05) is 0 Å². The number of hydrogen-bond acceptors (Lipinski definition) is 4. The van der Waals surface area contributed by atoms with Crippen molar-refractivity contribution in [2.45, 2.75) is 0 Å². The van der Waals surface area contributed by atoms with E-state index in [0.29, 0.717) is 11.5 Å². The second kappa shape index (κ2) is 4.79. The molecule has 0 aliphatic rings. The Kier molecular flexibility index (Phi) is 3.18. The Morgan fingerprint density at radius 1 is 1.28 bits per heavy atom. The van der Waals surface area contributed by atoms with Gasteiger partial charge in [0.2, 0.25) is 0 Å². The molecule has 6 nitrogen and oxygen atoms in total. The van der Waals surface area contributed by atoms with Crippen LogP contribution in [0.5, 0.6) is 17.5 Å². The predicted molar refractivity (Wildman–Crippen MR) is 63.2 cm³/mol. The normalized spacial score (nSPS) is 10.1. The molecule has 18 heavy (non-hydrogen) atoms. The second-order valence-electron chi connectivity index (χ2n) is 3.60. The van der Waals surface area contributed by atoms with E-state index in [1.54, 1.807) is 38.4 Å². The number of ether oxygens (including phenoxy) is 2. The zero-order valence-electron chi connectivity index (χ0n) is 9.95. The molecular formula is C12H12N2O4. The predicted octanol–water partition coefficient (Wildman–Crippen LogP) is 1.92. The van der Waals surface area contributed by atoms with Gasteiger partial charge in [-0.3, -0.25) is 0 Å². The summed E-state index contributed by atoms with van der Waals surface area (Å²) in [5.74, 6) is 0.185. The van der Waals surface area contributed by atoms with E-state index < -0.39 is 5.97 Å². The van der Waals surface area contributed by atoms with Crippen LogP contribution in [-0.2, 0) is 7.05 Å². The van der Waals surface area contributed by atoms with Crippen molar-refractivity contribution in [2.75, 3.05) is 7.11 Å². The summed E-state index contributed by atoms with van der Waals surface area (Å²) in [5, 5.41) is 8.81. The molecule has 0 fully saturated rings. The molecule has 1 aromatic heterocycles. The molecule has 0 atom stereocenters. The topological polar surface area (TPSA) is 73.6 Å². The number of aromatic carboxylic acids is 1. The van der Waals surface area contributed by atoms with Crippen LogP contribution in [-0.4, -0.2) is 27.7 Å². The van der Waals surface area contributed by atoms with Crippen molar-refractivity contribution in [2.24, 2.45) is 7.05 Å². The summed E-state index contributed by atoms with van der Waals surface area (Å²) in [5.41, 5.74) is -0.0546. The van der Waals surface area contributed by atoms with Crippen LogP contribution in [0.1, 0.15) is 10.5 Å². The van der Waals surface area contributed by atoms with Crippen molar-refractivity contribution in [3.05, 3.63) is 36.2 Å². The van der Waals surface area contributed by atoms with Crippen molar-refractivity contribution in [3.8, 4) is 17.5 Å². The molecule has 1 N–H and O–H groups in total. The summed E-state index contributed by atoms with van der Waals surface area (Å²) in [6.07, 6.45) is 1.39. The Bertz CT molecular complexity index is 560. The summed E-state index contributed by atoms with van der Waals surface area (Å²) in [7, 11) is 3.24. The van der Waals surface area contributed by atoms with Gasteiger partial charge in [-0.15, -0.1) is 0 Å². The van der Waals surface area contributed by atoms with Crippen molar-refractivity contribution in [3.63, 3.8) is 0 Å². The molecule has 0 bridgehead atoms. The molecule has 0 aliphatic carbocycles. The molecule has 1 heterocycles. The first-order chi connectivity index (χ1) is 8.60. The zero-order chi connectivity index (χ0) is 13.1. The Hall–Kier alpha value is -2.50. The molecule has 0 saturated heterocycles. The first kappa shape index (κ1) is 12.0. The highest BCUT2D eigenvalue weighted by Crippen LogP contribution is 2.22. The van der Waals surface area contributed by atoms with E-state index in [1.807, 2.05) is 0 Å². The number of benzene rings is 1. The minimum atomic E-state index is -1.09. The number of nitrogens with zero attached hydrogens (tertiary/aromatic N) is 2. The fourth-order valence-corrected chi connectivity index (χ4v) is 1.40. The van der Waals surface area contributed by atoms with Gasteiger partial charge in [0.1, 0.15) is 11.5 Å². The average molecular weight is 248 g/mol. The van der Waals surface area contributed by atoms with Crippen LogP contribution >= 0.6 is 0 Å². The largest absolute Gasteiger partial charge is 0.497 e. The Morgan fingerprint density at radius 2 is 1.89 bits per heavy atom. The van der Waals surface area contributed by atoms with Crippen LogP contribution in [0.2, 0.25) is 0 Å². The van der Waals surface area contributed by atoms with E-state index in [9.17, 15) is 4.79 Å². The quantitative estimate of drug-likeness (QED) is 0.894. The molecule has 0 unspecified atom stereocenters. The molecule has 94 valence electrons. The van der Waals surface area contributed by atoms with Crippen molar-refractivity contribution >= 4 is 5.97 Å². The van der Waals surface area contributed by atoms with Gasteiger partial charge in [-0.25, -0.2) is 4.79 Å². The maximum absolute atomic E-state index is 10.8. The summed E-state index contributed by atoms with van der Waals surface area (Å²) in [6, 6.07) is 7.15. The average Bonchev–Trinajstić information content (AvgIpc) is 2.72. The van der Waals surface area contributed by atoms with Crippen LogP contribution in [0.15, 0.2) is 30.5 Å². The molecule has 1 aromatic carbocycles. The second-order valence-corrected chi connectivity index (χ2v) is 3.60. The lowest BCUT2D eigenvalue weighted by atomic mass is 10.3. The van der Waals surface area contributed by atoms with E-state index in [-0.39, 0.29) is 11.7 Å². The number of carboxylic acid groups (broad SMARTS) is 1. The molecule has 0 radical (unpaired) electrons. The fourth-order valence-electron chi connectivity index (χ4n) is 1.40. The highest BCUT2D eigenvalue weighted by Gasteiger charge is 2.12. The van der Waals surface area contributed by atoms with E-state index >= 15 is 0 Å². The number of methoxy groups -OCH3 is 1. The number of hydrogen-bond donors (Lipinski definition) is 1. The van der Waals surface area contributed by atoms with E-state index in [2.05, 4.69) is 4.98 Å². The van der Waals surface area contributed by atoms with Crippen molar-refractivity contribution in [1.29, 1.82) is 0 Å². The van der Waals surface area contributed by atoms with Crippen molar-refractivity contribution < 1.29 is 19.4 Å². The zero-order valence-corrected chi connectivity index (χ0v) is 9.95. The Balaban J connectivity index is 2.19. The molecule has 6 heteroatoms. The van der Waals surface area contributed by atoms with Gasteiger partial charge in [0.05, 0.1) is 7.11 Å². The third-order valence-electron chi connectivity index (χ3n) is 2.32. The molecular weight excluding hydrogens is 236 g/mol. The van der Waals surface area contributed by atoms with Crippen LogP contribution in [0.4, 0.5) is 0 Å². The number of aryl methyl sites for hydroxylation is 1. The third-order valence-corrected chi connectivity index (χ3v) is 2.32. The SMILES string of the molecule is COc1ccc(Oc2nc(C(=O)O)cn2C)cc1. The third kappa shape index (κ3) is 2.42. The fraction of sp³-hybridized carbons (Fsp3) is 0.167. The monoisotopic (exact) mass is 248 g/mol. The number of carbonyl (C=O) groups is 1. The lowest BCUT2D eigenvalue weighted by Gasteiger charge is -2.05. The van der Waals surface area contributed by atoms with Crippen molar-refractivity contribution in [1.82, 2.24) is 9.55 Å². The van der Waals surface area contributed by atoms with Crippen LogP contribution in [0.25, 0.3) is 0 Å². The van der Waals surface area contributed by atoms with Crippen LogP contribution < -0.4 is 9.47 Å². The van der Waals surface area contributed by atoms with Gasteiger partial charge >= 0.3 is 12.0 Å². The van der Waals surface area contributed by atoms with Gasteiger partial charge in [0, 0.05) is 13.2 Å². The Morgan fingerprint density at radius 3 is 2.39 bits per heavy atom. The van der Waals surface area contributed by atoms with Gasteiger partial charge < -0.3 is 19.1 Å². The summed E-state index contributed by atoms with van der Waals surface area (Å²) in [4.78, 5) is 14.6. The summed E-state index contributed by atoms with van der Waals surface area (Å²) in [6.45, 7) is 0. The molecule has 0 amide bonds. The van der Waals surface area contributed by atoms with Gasteiger partial charge in [0.25, 0.3) is 0 Å². The maximum atomic E-state index is 10.8. The van der Waals surface area contributed by atoms with Gasteiger partial charge in [-0.05, 0) is 24.3 Å². The van der Waals surface area contributed by atoms with E-state index in [4.69, 9.17) is 14.6 Å². The minimum absolute atomic E-state index is 0.0546.